The monoisotopic (exact) mass is 397 g/mol. The molecule has 0 radical (unpaired) electrons. The average molecular weight is 397 g/mol. The molecule has 9 nitrogen and oxygen atoms in total. The first kappa shape index (κ1) is 17.6. The van der Waals surface area contributed by atoms with E-state index in [1.165, 1.54) is 24.3 Å². The molecule has 2 heterocycles. The van der Waals surface area contributed by atoms with Crippen molar-refractivity contribution >= 4 is 27.3 Å². The fourth-order valence-corrected chi connectivity index (χ4v) is 4.23. The zero-order valence-electron chi connectivity index (χ0n) is 14.1. The topological polar surface area (TPSA) is 120 Å². The smallest absolute Gasteiger partial charge is 0.289 e. The van der Waals surface area contributed by atoms with Crippen LogP contribution in [-0.4, -0.2) is 24.2 Å². The third kappa shape index (κ3) is 2.85. The minimum Gasteiger partial charge on any atom is -0.457 e. The van der Waals surface area contributed by atoms with Crippen molar-refractivity contribution in [3.63, 3.8) is 0 Å². The first-order valence-corrected chi connectivity index (χ1v) is 9.39. The second kappa shape index (κ2) is 6.43. The molecule has 10 heteroatoms. The molecule has 28 heavy (non-hydrogen) atoms. The first-order valence-electron chi connectivity index (χ1n) is 7.95. The number of nitro groups is 1. The van der Waals surface area contributed by atoms with Gasteiger partial charge < -0.3 is 4.74 Å². The third-order valence-electron chi connectivity index (χ3n) is 4.00. The van der Waals surface area contributed by atoms with E-state index in [0.29, 0.717) is 15.8 Å². The number of sulfonamides is 1. The number of anilines is 1. The maximum absolute atomic E-state index is 12.7. The number of carbonyl (C=O) groups is 1. The molecule has 3 aromatic rings. The molecular weight excluding hydrogens is 386 g/mol. The Balaban J connectivity index is 1.67. The van der Waals surface area contributed by atoms with Crippen molar-refractivity contribution in [2.24, 2.45) is 0 Å². The molecule has 1 amide bonds. The summed E-state index contributed by atoms with van der Waals surface area (Å²) in [5, 5.41) is 10.4. The van der Waals surface area contributed by atoms with Gasteiger partial charge in [-0.1, -0.05) is 18.2 Å². The average Bonchev–Trinajstić information content (AvgIpc) is 2.89. The number of rotatable bonds is 4. The van der Waals surface area contributed by atoms with Crippen LogP contribution in [0.3, 0.4) is 0 Å². The van der Waals surface area contributed by atoms with Crippen molar-refractivity contribution in [1.82, 2.24) is 4.98 Å². The fraction of sp³-hybridized carbons (Fsp3) is 0. The summed E-state index contributed by atoms with van der Waals surface area (Å²) in [6, 6.07) is 15.8. The largest absolute Gasteiger partial charge is 0.457 e. The third-order valence-corrected chi connectivity index (χ3v) is 5.67. The van der Waals surface area contributed by atoms with Crippen LogP contribution < -0.4 is 9.04 Å². The summed E-state index contributed by atoms with van der Waals surface area (Å²) in [5.41, 5.74) is -0.722. The van der Waals surface area contributed by atoms with E-state index in [9.17, 15) is 23.3 Å². The first-order chi connectivity index (χ1) is 13.4. The van der Waals surface area contributed by atoms with Crippen LogP contribution in [0.1, 0.15) is 10.4 Å². The van der Waals surface area contributed by atoms with E-state index >= 15 is 0 Å². The van der Waals surface area contributed by atoms with Gasteiger partial charge >= 0.3 is 0 Å². The van der Waals surface area contributed by atoms with E-state index in [-0.39, 0.29) is 11.3 Å². The molecule has 0 spiro atoms. The van der Waals surface area contributed by atoms with Gasteiger partial charge in [0, 0.05) is 6.07 Å². The highest BCUT2D eigenvalue weighted by Crippen LogP contribution is 2.35. The van der Waals surface area contributed by atoms with Gasteiger partial charge in [-0.05, 0) is 36.4 Å². The highest BCUT2D eigenvalue weighted by atomic mass is 32.2. The van der Waals surface area contributed by atoms with Crippen LogP contribution in [0.4, 0.5) is 11.4 Å². The number of pyridine rings is 1. The number of nitrogens with zero attached hydrogens (tertiary/aromatic N) is 3. The maximum atomic E-state index is 12.7. The van der Waals surface area contributed by atoms with Crippen LogP contribution in [0.5, 0.6) is 11.5 Å². The van der Waals surface area contributed by atoms with Gasteiger partial charge in [0.1, 0.15) is 17.7 Å². The van der Waals surface area contributed by atoms with E-state index in [1.807, 2.05) is 18.2 Å². The zero-order chi connectivity index (χ0) is 19.9. The van der Waals surface area contributed by atoms with Gasteiger partial charge in [0.15, 0.2) is 5.03 Å². The molecule has 140 valence electrons. The minimum absolute atomic E-state index is 0.0751. The summed E-state index contributed by atoms with van der Waals surface area (Å²) < 4.78 is 31.6. The fourth-order valence-electron chi connectivity index (χ4n) is 2.74. The van der Waals surface area contributed by atoms with Gasteiger partial charge in [0.05, 0.1) is 16.2 Å². The SMILES string of the molecule is O=C1c2cc([N+](=O)[O-])cnc2S(=O)(=O)N1c1ccc(Oc2ccccc2)cc1. The normalized spacial score (nSPS) is 14.6. The lowest BCUT2D eigenvalue weighted by Crippen LogP contribution is -2.29. The quantitative estimate of drug-likeness (QED) is 0.490. The highest BCUT2D eigenvalue weighted by Gasteiger charge is 2.44. The van der Waals surface area contributed by atoms with Crippen molar-refractivity contribution in [1.29, 1.82) is 0 Å². The molecule has 2 aromatic carbocycles. The Hall–Kier alpha value is -3.79. The number of para-hydroxylation sites is 1. The number of hydrogen-bond donors (Lipinski definition) is 0. The predicted molar refractivity (Wildman–Crippen MR) is 97.8 cm³/mol. The number of hydrogen-bond acceptors (Lipinski definition) is 7. The summed E-state index contributed by atoms with van der Waals surface area (Å²) in [4.78, 5) is 26.4. The van der Waals surface area contributed by atoms with Crippen LogP contribution in [-0.2, 0) is 10.0 Å². The Labute approximate surface area is 159 Å². The van der Waals surface area contributed by atoms with Crippen LogP contribution >= 0.6 is 0 Å². The van der Waals surface area contributed by atoms with Crippen LogP contribution in [0.2, 0.25) is 0 Å². The van der Waals surface area contributed by atoms with Crippen molar-refractivity contribution in [2.45, 2.75) is 5.03 Å². The molecule has 1 aromatic heterocycles. The van der Waals surface area contributed by atoms with Crippen molar-refractivity contribution in [2.75, 3.05) is 4.31 Å². The molecule has 0 unspecified atom stereocenters. The Morgan fingerprint density at radius 3 is 2.29 bits per heavy atom. The molecule has 0 N–H and O–H groups in total. The number of amides is 1. The number of fused-ring (bicyclic) bond motifs is 1. The molecule has 0 bridgehead atoms. The molecule has 0 fully saturated rings. The Morgan fingerprint density at radius 1 is 1.00 bits per heavy atom. The Bertz CT molecular complexity index is 1190. The van der Waals surface area contributed by atoms with E-state index in [0.717, 1.165) is 12.3 Å². The number of carbonyl (C=O) groups excluding carboxylic acids is 1. The molecule has 0 saturated heterocycles. The molecule has 4 rings (SSSR count). The summed E-state index contributed by atoms with van der Waals surface area (Å²) in [7, 11) is -4.25. The van der Waals surface area contributed by atoms with Crippen LogP contribution in [0.25, 0.3) is 0 Å². The van der Waals surface area contributed by atoms with E-state index in [2.05, 4.69) is 4.98 Å². The Kier molecular flexibility index (Phi) is 4.04. The highest BCUT2D eigenvalue weighted by molar-refractivity contribution is 7.94. The van der Waals surface area contributed by atoms with Crippen molar-refractivity contribution in [3.8, 4) is 11.5 Å². The van der Waals surface area contributed by atoms with Gasteiger partial charge in [-0.2, -0.15) is 12.7 Å². The number of ether oxygens (including phenoxy) is 1. The van der Waals surface area contributed by atoms with Crippen LogP contribution in [0, 0.1) is 10.1 Å². The van der Waals surface area contributed by atoms with E-state index in [4.69, 9.17) is 4.74 Å². The van der Waals surface area contributed by atoms with Crippen LogP contribution in [0.15, 0.2) is 71.9 Å². The van der Waals surface area contributed by atoms with Gasteiger partial charge in [0.25, 0.3) is 21.6 Å². The second-order valence-corrected chi connectivity index (χ2v) is 7.49. The van der Waals surface area contributed by atoms with E-state index in [1.54, 1.807) is 12.1 Å². The molecular formula is C18H11N3O6S. The summed E-state index contributed by atoms with van der Waals surface area (Å²) in [6.07, 6.45) is 0.809. The number of aromatic nitrogens is 1. The lowest BCUT2D eigenvalue weighted by atomic mass is 10.2. The standard InChI is InChI=1S/C18H11N3O6S/c22-18-16-10-13(21(23)24)11-19-17(16)28(25,26)20(18)12-6-8-15(9-7-12)27-14-4-2-1-3-5-14/h1-11H. The van der Waals surface area contributed by atoms with E-state index < -0.39 is 31.6 Å². The van der Waals surface area contributed by atoms with Gasteiger partial charge in [-0.15, -0.1) is 0 Å². The molecule has 0 atom stereocenters. The zero-order valence-corrected chi connectivity index (χ0v) is 14.9. The molecule has 1 aliphatic heterocycles. The molecule has 0 aliphatic carbocycles. The lowest BCUT2D eigenvalue weighted by Gasteiger charge is -2.15. The second-order valence-electron chi connectivity index (χ2n) is 5.79. The predicted octanol–water partition coefficient (Wildman–Crippen LogP) is 3.13. The minimum atomic E-state index is -4.25. The lowest BCUT2D eigenvalue weighted by molar-refractivity contribution is -0.385. The molecule has 0 saturated carbocycles. The summed E-state index contributed by atoms with van der Waals surface area (Å²) in [6.45, 7) is 0. The van der Waals surface area contributed by atoms with Gasteiger partial charge in [-0.3, -0.25) is 14.9 Å². The van der Waals surface area contributed by atoms with Crippen molar-refractivity contribution < 1.29 is 22.9 Å². The maximum Gasteiger partial charge on any atom is 0.289 e. The number of benzene rings is 2. The van der Waals surface area contributed by atoms with Gasteiger partial charge in [-0.25, -0.2) is 4.98 Å². The Morgan fingerprint density at radius 2 is 1.64 bits per heavy atom. The summed E-state index contributed by atoms with van der Waals surface area (Å²) >= 11 is 0. The summed E-state index contributed by atoms with van der Waals surface area (Å²) in [5.74, 6) is 0.150. The van der Waals surface area contributed by atoms with Gasteiger partial charge in [0.2, 0.25) is 0 Å². The molecule has 1 aliphatic rings. The van der Waals surface area contributed by atoms with Crippen molar-refractivity contribution in [3.05, 3.63) is 82.5 Å².